The van der Waals surface area contributed by atoms with Crippen molar-refractivity contribution in [1.29, 1.82) is 0 Å². The number of hydrogen-bond donors (Lipinski definition) is 2. The van der Waals surface area contributed by atoms with Crippen LogP contribution in [0, 0.1) is 11.7 Å². The third-order valence-electron chi connectivity index (χ3n) is 2.42. The van der Waals surface area contributed by atoms with Gasteiger partial charge in [0.25, 0.3) is 5.91 Å². The number of benzene rings is 1. The van der Waals surface area contributed by atoms with Crippen molar-refractivity contribution in [1.82, 2.24) is 5.32 Å². The maximum absolute atomic E-state index is 13.4. The molecule has 94 valence electrons. The largest absolute Gasteiger partial charge is 0.391 e. The lowest BCUT2D eigenvalue weighted by atomic mass is 10.1. The van der Waals surface area contributed by atoms with E-state index in [0.717, 1.165) is 0 Å². The van der Waals surface area contributed by atoms with E-state index in [9.17, 15) is 14.3 Å². The van der Waals surface area contributed by atoms with Crippen molar-refractivity contribution in [2.75, 3.05) is 6.54 Å². The van der Waals surface area contributed by atoms with E-state index in [1.54, 1.807) is 6.07 Å². The smallest absolute Gasteiger partial charge is 0.254 e. The van der Waals surface area contributed by atoms with E-state index in [1.807, 2.05) is 13.8 Å². The molecule has 5 heteroatoms. The number of carbonyl (C=O) groups is 1. The van der Waals surface area contributed by atoms with E-state index in [-0.39, 0.29) is 18.0 Å². The highest BCUT2D eigenvalue weighted by molar-refractivity contribution is 9.10. The summed E-state index contributed by atoms with van der Waals surface area (Å²) < 4.78 is 14.0. The average molecular weight is 304 g/mol. The van der Waals surface area contributed by atoms with Crippen LogP contribution in [0.2, 0.25) is 0 Å². The SMILES string of the molecule is CC(C)C(O)CNC(=O)c1ccc(Br)cc1F. The molecule has 0 aliphatic carbocycles. The van der Waals surface area contributed by atoms with Crippen molar-refractivity contribution < 1.29 is 14.3 Å². The molecule has 0 radical (unpaired) electrons. The lowest BCUT2D eigenvalue weighted by Gasteiger charge is -2.15. The topological polar surface area (TPSA) is 49.3 Å². The average Bonchev–Trinajstić information content (AvgIpc) is 2.25. The Morgan fingerprint density at radius 3 is 2.71 bits per heavy atom. The van der Waals surface area contributed by atoms with Gasteiger partial charge < -0.3 is 10.4 Å². The monoisotopic (exact) mass is 303 g/mol. The van der Waals surface area contributed by atoms with Crippen LogP contribution in [0.25, 0.3) is 0 Å². The Balaban J connectivity index is 2.64. The van der Waals surface area contributed by atoms with Gasteiger partial charge in [0.15, 0.2) is 0 Å². The molecule has 2 N–H and O–H groups in total. The van der Waals surface area contributed by atoms with Crippen LogP contribution in [0.15, 0.2) is 22.7 Å². The Bertz CT molecular complexity index is 409. The van der Waals surface area contributed by atoms with Gasteiger partial charge in [0.05, 0.1) is 11.7 Å². The van der Waals surface area contributed by atoms with E-state index in [4.69, 9.17) is 0 Å². The lowest BCUT2D eigenvalue weighted by molar-refractivity contribution is 0.0868. The number of aliphatic hydroxyl groups excluding tert-OH is 1. The Kier molecular flexibility index (Phi) is 5.08. The maximum Gasteiger partial charge on any atom is 0.254 e. The van der Waals surface area contributed by atoms with Gasteiger partial charge in [-0.15, -0.1) is 0 Å². The molecule has 0 aliphatic rings. The first-order valence-electron chi connectivity index (χ1n) is 5.33. The maximum atomic E-state index is 13.4. The van der Waals surface area contributed by atoms with Gasteiger partial charge in [-0.1, -0.05) is 29.8 Å². The van der Waals surface area contributed by atoms with Gasteiger partial charge in [-0.2, -0.15) is 0 Å². The van der Waals surface area contributed by atoms with Crippen molar-refractivity contribution in [2.45, 2.75) is 20.0 Å². The highest BCUT2D eigenvalue weighted by Crippen LogP contribution is 2.15. The molecular formula is C12H15BrFNO2. The van der Waals surface area contributed by atoms with Gasteiger partial charge in [0.2, 0.25) is 0 Å². The summed E-state index contributed by atoms with van der Waals surface area (Å²) in [6, 6.07) is 4.22. The van der Waals surface area contributed by atoms with Gasteiger partial charge in [-0.25, -0.2) is 4.39 Å². The number of hydrogen-bond acceptors (Lipinski definition) is 2. The lowest BCUT2D eigenvalue weighted by Crippen LogP contribution is -2.35. The molecule has 17 heavy (non-hydrogen) atoms. The second kappa shape index (κ2) is 6.12. The van der Waals surface area contributed by atoms with E-state index in [1.165, 1.54) is 12.1 Å². The molecule has 0 fully saturated rings. The Labute approximate surface area is 108 Å². The van der Waals surface area contributed by atoms with Gasteiger partial charge >= 0.3 is 0 Å². The first-order valence-corrected chi connectivity index (χ1v) is 6.12. The molecular weight excluding hydrogens is 289 g/mol. The highest BCUT2D eigenvalue weighted by Gasteiger charge is 2.14. The van der Waals surface area contributed by atoms with Gasteiger partial charge in [-0.3, -0.25) is 4.79 Å². The predicted octanol–water partition coefficient (Wildman–Crippen LogP) is 2.33. The van der Waals surface area contributed by atoms with Crippen molar-refractivity contribution >= 4 is 21.8 Å². The molecule has 1 unspecified atom stereocenters. The standard InChI is InChI=1S/C12H15BrFNO2/c1-7(2)11(16)6-15-12(17)9-4-3-8(13)5-10(9)14/h3-5,7,11,16H,6H2,1-2H3,(H,15,17). The summed E-state index contributed by atoms with van der Waals surface area (Å²) >= 11 is 3.11. The fourth-order valence-electron chi connectivity index (χ4n) is 1.20. The Morgan fingerprint density at radius 2 is 2.18 bits per heavy atom. The van der Waals surface area contributed by atoms with Crippen LogP contribution in [-0.2, 0) is 0 Å². The van der Waals surface area contributed by atoms with Crippen LogP contribution >= 0.6 is 15.9 Å². The fourth-order valence-corrected chi connectivity index (χ4v) is 1.53. The normalized spacial score (nSPS) is 12.6. The molecule has 3 nitrogen and oxygen atoms in total. The summed E-state index contributed by atoms with van der Waals surface area (Å²) in [4.78, 5) is 11.6. The number of aliphatic hydroxyl groups is 1. The summed E-state index contributed by atoms with van der Waals surface area (Å²) in [5, 5.41) is 12.0. The van der Waals surface area contributed by atoms with Crippen molar-refractivity contribution in [2.24, 2.45) is 5.92 Å². The molecule has 1 rings (SSSR count). The highest BCUT2D eigenvalue weighted by atomic mass is 79.9. The molecule has 0 heterocycles. The van der Waals surface area contributed by atoms with Gasteiger partial charge in [0.1, 0.15) is 5.82 Å². The third kappa shape index (κ3) is 4.09. The van der Waals surface area contributed by atoms with Crippen molar-refractivity contribution in [3.05, 3.63) is 34.1 Å². The molecule has 1 aromatic rings. The first kappa shape index (κ1) is 14.1. The van der Waals surface area contributed by atoms with Crippen LogP contribution < -0.4 is 5.32 Å². The summed E-state index contributed by atoms with van der Waals surface area (Å²) in [7, 11) is 0. The molecule has 1 atom stereocenters. The van der Waals surface area contributed by atoms with Crippen molar-refractivity contribution in [3.8, 4) is 0 Å². The second-order valence-corrected chi connectivity index (χ2v) is 5.06. The van der Waals surface area contributed by atoms with Crippen LogP contribution in [0.1, 0.15) is 24.2 Å². The molecule has 0 bridgehead atoms. The number of amides is 1. The molecule has 0 saturated carbocycles. The quantitative estimate of drug-likeness (QED) is 0.897. The zero-order valence-electron chi connectivity index (χ0n) is 9.71. The summed E-state index contributed by atoms with van der Waals surface area (Å²) in [5.74, 6) is -1.06. The molecule has 0 spiro atoms. The van der Waals surface area contributed by atoms with Gasteiger partial charge in [0, 0.05) is 11.0 Å². The van der Waals surface area contributed by atoms with E-state index in [0.29, 0.717) is 4.47 Å². The third-order valence-corrected chi connectivity index (χ3v) is 2.91. The molecule has 0 aliphatic heterocycles. The Hall–Kier alpha value is -0.940. The summed E-state index contributed by atoms with van der Waals surface area (Å²) in [5.41, 5.74) is -0.0239. The van der Waals surface area contributed by atoms with Gasteiger partial charge in [-0.05, 0) is 24.1 Å². The van der Waals surface area contributed by atoms with E-state index in [2.05, 4.69) is 21.2 Å². The first-order chi connectivity index (χ1) is 7.91. The fraction of sp³-hybridized carbons (Fsp3) is 0.417. The zero-order chi connectivity index (χ0) is 13.0. The minimum atomic E-state index is -0.627. The van der Waals surface area contributed by atoms with Crippen LogP contribution in [0.4, 0.5) is 4.39 Å². The van der Waals surface area contributed by atoms with E-state index < -0.39 is 17.8 Å². The van der Waals surface area contributed by atoms with Crippen LogP contribution in [-0.4, -0.2) is 23.7 Å². The minimum Gasteiger partial charge on any atom is -0.391 e. The summed E-state index contributed by atoms with van der Waals surface area (Å²) in [6.45, 7) is 3.81. The Morgan fingerprint density at radius 1 is 1.53 bits per heavy atom. The van der Waals surface area contributed by atoms with Crippen molar-refractivity contribution in [3.63, 3.8) is 0 Å². The molecule has 0 saturated heterocycles. The number of halogens is 2. The number of rotatable bonds is 4. The minimum absolute atomic E-state index is 0.0239. The van der Waals surface area contributed by atoms with Crippen LogP contribution in [0.5, 0.6) is 0 Å². The predicted molar refractivity (Wildman–Crippen MR) is 67.3 cm³/mol. The molecule has 1 amide bonds. The van der Waals surface area contributed by atoms with E-state index >= 15 is 0 Å². The number of carbonyl (C=O) groups excluding carboxylic acids is 1. The molecule has 1 aromatic carbocycles. The zero-order valence-corrected chi connectivity index (χ0v) is 11.3. The second-order valence-electron chi connectivity index (χ2n) is 4.15. The number of nitrogens with one attached hydrogen (secondary N) is 1. The molecule has 0 aromatic heterocycles. The van der Waals surface area contributed by atoms with Crippen LogP contribution in [0.3, 0.4) is 0 Å². The summed E-state index contributed by atoms with van der Waals surface area (Å²) in [6.07, 6.45) is -0.627.